The average Bonchev–Trinajstić information content (AvgIpc) is 1.49. The summed E-state index contributed by atoms with van der Waals surface area (Å²) >= 11 is -7.84. The molecule has 0 bridgehead atoms. The van der Waals surface area contributed by atoms with Crippen molar-refractivity contribution in [2.45, 2.75) is 307 Å². The van der Waals surface area contributed by atoms with E-state index in [9.17, 15) is 17.0 Å². The molecular formula is C106H136Cl2O4Si6Zr. The van der Waals surface area contributed by atoms with Crippen molar-refractivity contribution < 1.29 is 32.6 Å². The molecule has 12 unspecified atom stereocenters. The first-order chi connectivity index (χ1) is 55.6. The Morgan fingerprint density at radius 3 is 0.723 bits per heavy atom. The molecule has 0 N–H and O–H groups in total. The fourth-order valence-electron chi connectivity index (χ4n) is 27.7. The van der Waals surface area contributed by atoms with Gasteiger partial charge in [-0.05, 0) is 0 Å². The van der Waals surface area contributed by atoms with Crippen molar-refractivity contribution >= 4 is 67.9 Å². The van der Waals surface area contributed by atoms with Gasteiger partial charge in [-0.2, -0.15) is 0 Å². The Bertz CT molecular complexity index is 4970. The maximum absolute atomic E-state index is 11.9. The van der Waals surface area contributed by atoms with Gasteiger partial charge in [-0.3, -0.25) is 0 Å². The van der Waals surface area contributed by atoms with E-state index < -0.39 is 76.8 Å². The van der Waals surface area contributed by atoms with E-state index in [-0.39, 0.29) is 68.2 Å². The Morgan fingerprint density at radius 2 is 0.529 bits per heavy atom. The standard InChI is InChI=1S/2C53H68O2Si3.2ClH.Zr/c2*1-34-30-46-40(36-22-26-42-38(32-36)24-28-48(42)54-57(10,11)52(3,4)5)18-14-16-20-44(46)50(34)56(9)51-35(2)31-47-41(19-15-17-21-45(47)51)37-23-27-43-39(33-37)25-29-49(43)55-58(12,13)53(6,7)8;;;/h2*14-23,26-27,30-33,40-41,48-49,56H,24-25,28-29H2,1-13H3;2*1H;/q;;;;+2/p-2. The summed E-state index contributed by atoms with van der Waals surface area (Å²) < 4.78 is 26.4. The third-order valence-electron chi connectivity index (χ3n) is 36.3. The first-order valence-corrected chi connectivity index (χ1v) is 73.2. The van der Waals surface area contributed by atoms with Crippen molar-refractivity contribution in [1.29, 1.82) is 0 Å². The first-order valence-electron chi connectivity index (χ1n) is 45.7. The Balaban J connectivity index is 0.913. The van der Waals surface area contributed by atoms with E-state index >= 15 is 0 Å². The Labute approximate surface area is 728 Å². The molecule has 13 heteroatoms. The van der Waals surface area contributed by atoms with Crippen molar-refractivity contribution in [3.8, 4) is 0 Å². The third-order valence-corrected chi connectivity index (χ3v) is 139. The monoisotopic (exact) mass is 1800 g/mol. The number of aryl methyl sites for hydroxylation is 4. The van der Waals surface area contributed by atoms with Crippen LogP contribution < -0.4 is 0 Å². The molecule has 4 aromatic rings. The molecule has 5 spiro atoms. The summed E-state index contributed by atoms with van der Waals surface area (Å²) in [5.41, 5.74) is 33.3. The Morgan fingerprint density at radius 1 is 0.328 bits per heavy atom. The molecule has 2 aliphatic heterocycles. The molecule has 12 atom stereocenters. The molecule has 0 aromatic heterocycles. The number of hydrogen-bond acceptors (Lipinski definition) is 4. The van der Waals surface area contributed by atoms with Gasteiger partial charge in [0.25, 0.3) is 0 Å². The minimum atomic E-state index is -7.84. The fourth-order valence-corrected chi connectivity index (χ4v) is 157. The third kappa shape index (κ3) is 10.6. The second-order valence-electron chi connectivity index (χ2n) is 45.4. The Hall–Kier alpha value is -4.68. The first kappa shape index (κ1) is 85.1. The summed E-state index contributed by atoms with van der Waals surface area (Å²) in [6, 6.07) is 30.2. The average molecular weight is 1800 g/mol. The van der Waals surface area contributed by atoms with Gasteiger partial charge in [0, 0.05) is 0 Å². The number of benzene rings is 4. The van der Waals surface area contributed by atoms with Crippen LogP contribution in [-0.4, -0.2) is 50.9 Å². The van der Waals surface area contributed by atoms with E-state index in [0.717, 1.165) is 51.4 Å². The molecule has 4 aromatic carbocycles. The summed E-state index contributed by atoms with van der Waals surface area (Å²) in [7, 11) is 10.1. The van der Waals surface area contributed by atoms with Crippen LogP contribution in [0.3, 0.4) is 0 Å². The van der Waals surface area contributed by atoms with E-state index in [1.807, 2.05) is 0 Å². The molecule has 2 fully saturated rings. The second kappa shape index (κ2) is 27.4. The van der Waals surface area contributed by atoms with Crippen LogP contribution in [0.4, 0.5) is 0 Å². The fraction of sp³-hybridized carbons (Fsp3) is 0.472. The van der Waals surface area contributed by atoms with Crippen molar-refractivity contribution in [3.05, 3.63) is 328 Å². The molecule has 0 amide bonds. The van der Waals surface area contributed by atoms with Crippen LogP contribution in [0.2, 0.25) is 96.6 Å². The molecule has 18 rings (SSSR count). The molecule has 0 radical (unpaired) electrons. The number of fused-ring (bicyclic) bond motifs is 12. The zero-order valence-corrected chi connectivity index (χ0v) is 87.1. The van der Waals surface area contributed by atoms with E-state index in [0.29, 0.717) is 0 Å². The van der Waals surface area contributed by atoms with Gasteiger partial charge in [-0.25, -0.2) is 0 Å². The SMILES string of the molecule is CC1=CC2=C(C=CC=CC2c2ccc3c(c2)CCC3O[Si](C)(C)C(C)(C)C)[C]12[SiH](C)[C]1(C(C)=CC3=C1C=CC=CC3c1ccc3c(c1)CCC3O[Si](C)(C)C(C)(C)C)[Zr]21([Cl])([Cl])[C]2(C(C)=CC3=C2C=CC=CC3c2ccc3c(c2)CCC3O[Si](C)(C)C(C)(C)C)[SiH](C)[C]12C(C)=CC1=C2C=CC=CC1c1ccc2c(c1)CCC2O[Si](C)(C)C(C)(C)C. The molecule has 626 valence electrons. The zero-order valence-electron chi connectivity index (χ0n) is 76.8. The normalized spacial score (nSPS) is 32.8. The number of rotatable bonds is 12. The van der Waals surface area contributed by atoms with Gasteiger partial charge in [0.2, 0.25) is 0 Å². The minimum Gasteiger partial charge on any atom is -0.0604 e. The molecular weight excluding hydrogens is 1670 g/mol. The van der Waals surface area contributed by atoms with E-state index in [2.05, 4.69) is 371 Å². The van der Waals surface area contributed by atoms with Crippen LogP contribution in [0.1, 0.15) is 251 Å². The van der Waals surface area contributed by atoms with E-state index in [4.69, 9.17) is 17.7 Å². The van der Waals surface area contributed by atoms with Crippen molar-refractivity contribution in [3.63, 3.8) is 0 Å². The minimum absolute atomic E-state index is 0.0592. The van der Waals surface area contributed by atoms with Crippen LogP contribution in [0.15, 0.2) is 261 Å². The summed E-state index contributed by atoms with van der Waals surface area (Å²) in [6.07, 6.45) is 59.3. The van der Waals surface area contributed by atoms with Gasteiger partial charge in [-0.1, -0.05) is 83.1 Å². The van der Waals surface area contributed by atoms with Gasteiger partial charge in [0.15, 0.2) is 0 Å². The Kier molecular flexibility index (Phi) is 19.6. The molecule has 2 saturated heterocycles. The van der Waals surface area contributed by atoms with Crippen LogP contribution in [0.5, 0.6) is 0 Å². The molecule has 12 aliphatic carbocycles. The summed E-state index contributed by atoms with van der Waals surface area (Å²) in [5, 5.41) is 0.425. The van der Waals surface area contributed by atoms with Crippen LogP contribution in [0.25, 0.3) is 0 Å². The van der Waals surface area contributed by atoms with Gasteiger partial charge in [0.05, 0.1) is 0 Å². The molecule has 4 nitrogen and oxygen atoms in total. The zero-order chi connectivity index (χ0) is 85.2. The quantitative estimate of drug-likeness (QED) is 0.133. The molecule has 14 aliphatic rings. The van der Waals surface area contributed by atoms with Gasteiger partial charge >= 0.3 is 652 Å². The van der Waals surface area contributed by atoms with Crippen LogP contribution in [-0.2, 0) is 58.3 Å². The van der Waals surface area contributed by atoms with E-state index in [1.165, 1.54) is 134 Å². The topological polar surface area (TPSA) is 36.9 Å². The van der Waals surface area contributed by atoms with Crippen LogP contribution >= 0.6 is 17.0 Å². The predicted octanol–water partition coefficient (Wildman–Crippen LogP) is 30.8. The van der Waals surface area contributed by atoms with Gasteiger partial charge in [-0.15, -0.1) is 0 Å². The summed E-state index contributed by atoms with van der Waals surface area (Å²) in [6.45, 7) is 63.8. The van der Waals surface area contributed by atoms with Gasteiger partial charge < -0.3 is 0 Å². The molecule has 0 saturated carbocycles. The number of halogens is 2. The maximum atomic E-state index is 11.9. The molecule has 119 heavy (non-hydrogen) atoms. The predicted molar refractivity (Wildman–Crippen MR) is 519 cm³/mol. The van der Waals surface area contributed by atoms with Crippen molar-refractivity contribution in [2.24, 2.45) is 0 Å². The van der Waals surface area contributed by atoms with Crippen molar-refractivity contribution in [1.82, 2.24) is 0 Å². The number of hydrogen-bond donors (Lipinski definition) is 0. The van der Waals surface area contributed by atoms with E-state index in [1.54, 1.807) is 0 Å². The summed E-state index contributed by atoms with van der Waals surface area (Å²) in [5.74, 6) is -0.237. The smallest absolute Gasteiger partial charge is 0.0604 e. The van der Waals surface area contributed by atoms with Gasteiger partial charge in [0.1, 0.15) is 0 Å². The second-order valence-corrected chi connectivity index (χ2v) is 104. The van der Waals surface area contributed by atoms with Crippen molar-refractivity contribution in [2.75, 3.05) is 0 Å². The molecule has 2 heterocycles. The number of allylic oxidation sites excluding steroid dienone is 32. The summed E-state index contributed by atoms with van der Waals surface area (Å²) in [4.78, 5) is 0. The van der Waals surface area contributed by atoms with Crippen LogP contribution in [0, 0.1) is 0 Å².